The molecule has 3 heterocycles. The molecule has 1 unspecified atom stereocenters. The quantitative estimate of drug-likeness (QED) is 0.437. The first-order valence-electron chi connectivity index (χ1n) is 10.3. The van der Waals surface area contributed by atoms with Crippen molar-refractivity contribution in [1.82, 2.24) is 24.9 Å². The Balaban J connectivity index is 1.79. The van der Waals surface area contributed by atoms with Gasteiger partial charge < -0.3 is 4.74 Å². The Labute approximate surface area is 191 Å². The van der Waals surface area contributed by atoms with Gasteiger partial charge in [-0.1, -0.05) is 6.92 Å². The van der Waals surface area contributed by atoms with Crippen molar-refractivity contribution < 1.29 is 22.3 Å². The van der Waals surface area contributed by atoms with Crippen molar-refractivity contribution >= 4 is 15.6 Å². The summed E-state index contributed by atoms with van der Waals surface area (Å²) >= 11 is 0. The third kappa shape index (κ3) is 6.13. The summed E-state index contributed by atoms with van der Waals surface area (Å²) in [6.45, 7) is 3.83. The lowest BCUT2D eigenvalue weighted by Gasteiger charge is -2.22. The maximum Gasteiger partial charge on any atom is 0.232 e. The fourth-order valence-electron chi connectivity index (χ4n) is 3.13. The standard InChI is InChI=1S/C22H24FN5O4S/c1-4-22(23,18-8-9-25-20(28-18)14-33(3,30)31)19(29)10-16-7-6-15(11-26-16)17-12-24-13-21(27-17)32-5-2/h6-9,11-13H,4-5,10,14H2,1-3H3. The average molecular weight is 474 g/mol. The number of sulfone groups is 1. The fraction of sp³-hybridized carbons (Fsp3) is 0.364. The van der Waals surface area contributed by atoms with Gasteiger partial charge in [0, 0.05) is 29.9 Å². The molecule has 0 saturated carbocycles. The molecule has 0 fully saturated rings. The number of carbonyl (C=O) groups excluding carboxylic acids is 1. The van der Waals surface area contributed by atoms with E-state index in [0.29, 0.717) is 29.4 Å². The highest BCUT2D eigenvalue weighted by Gasteiger charge is 2.40. The average Bonchev–Trinajstić information content (AvgIpc) is 2.78. The Bertz CT molecular complexity index is 1240. The molecule has 0 saturated heterocycles. The van der Waals surface area contributed by atoms with Gasteiger partial charge in [-0.25, -0.2) is 27.8 Å². The van der Waals surface area contributed by atoms with Crippen LogP contribution in [0, 0.1) is 0 Å². The van der Waals surface area contributed by atoms with E-state index in [1.807, 2.05) is 6.92 Å². The molecule has 0 aromatic carbocycles. The van der Waals surface area contributed by atoms with Gasteiger partial charge >= 0.3 is 0 Å². The lowest BCUT2D eigenvalue weighted by Crippen LogP contribution is -2.33. The van der Waals surface area contributed by atoms with E-state index >= 15 is 4.39 Å². The third-order valence-electron chi connectivity index (χ3n) is 4.80. The van der Waals surface area contributed by atoms with Crippen LogP contribution in [-0.4, -0.2) is 52.0 Å². The van der Waals surface area contributed by atoms with Crippen molar-refractivity contribution in [3.05, 3.63) is 60.2 Å². The number of ether oxygens (including phenoxy) is 1. The van der Waals surface area contributed by atoms with E-state index in [0.717, 1.165) is 6.26 Å². The van der Waals surface area contributed by atoms with Crippen molar-refractivity contribution in [3.63, 3.8) is 0 Å². The predicted octanol–water partition coefficient (Wildman–Crippen LogP) is 2.66. The molecule has 0 amide bonds. The number of hydrogen-bond donors (Lipinski definition) is 0. The van der Waals surface area contributed by atoms with Gasteiger partial charge in [-0.2, -0.15) is 0 Å². The van der Waals surface area contributed by atoms with Gasteiger partial charge in [-0.05, 0) is 31.5 Å². The second-order valence-electron chi connectivity index (χ2n) is 7.40. The van der Waals surface area contributed by atoms with E-state index in [4.69, 9.17) is 4.74 Å². The Kier molecular flexibility index (Phi) is 7.42. The highest BCUT2D eigenvalue weighted by atomic mass is 32.2. The third-order valence-corrected chi connectivity index (χ3v) is 5.58. The Morgan fingerprint density at radius 3 is 2.52 bits per heavy atom. The van der Waals surface area contributed by atoms with E-state index in [-0.39, 0.29) is 24.4 Å². The number of aromatic nitrogens is 5. The zero-order chi connectivity index (χ0) is 24.1. The minimum absolute atomic E-state index is 0.0591. The summed E-state index contributed by atoms with van der Waals surface area (Å²) < 4.78 is 44.2. The van der Waals surface area contributed by atoms with E-state index in [1.54, 1.807) is 18.3 Å². The highest BCUT2D eigenvalue weighted by molar-refractivity contribution is 7.89. The van der Waals surface area contributed by atoms with Gasteiger partial charge in [0.25, 0.3) is 0 Å². The molecule has 3 aromatic rings. The van der Waals surface area contributed by atoms with Gasteiger partial charge in [0.2, 0.25) is 11.5 Å². The molecule has 0 N–H and O–H groups in total. The van der Waals surface area contributed by atoms with Crippen molar-refractivity contribution in [3.8, 4) is 17.1 Å². The lowest BCUT2D eigenvalue weighted by molar-refractivity contribution is -0.131. The normalized spacial score (nSPS) is 13.3. The number of ketones is 1. The number of carbonyl (C=O) groups is 1. The molecular weight excluding hydrogens is 449 g/mol. The summed E-state index contributed by atoms with van der Waals surface area (Å²) in [6, 6.07) is 4.62. The van der Waals surface area contributed by atoms with Crippen molar-refractivity contribution in [2.24, 2.45) is 0 Å². The first-order valence-corrected chi connectivity index (χ1v) is 12.3. The molecule has 33 heavy (non-hydrogen) atoms. The van der Waals surface area contributed by atoms with Crippen LogP contribution in [0.4, 0.5) is 4.39 Å². The van der Waals surface area contributed by atoms with Crippen molar-refractivity contribution in [2.45, 2.75) is 38.1 Å². The fourth-order valence-corrected chi connectivity index (χ4v) is 3.74. The second kappa shape index (κ2) is 10.1. The molecule has 1 atom stereocenters. The lowest BCUT2D eigenvalue weighted by atomic mass is 9.90. The Morgan fingerprint density at radius 2 is 1.88 bits per heavy atom. The maximum atomic E-state index is 15.8. The molecule has 11 heteroatoms. The number of nitrogens with zero attached hydrogens (tertiary/aromatic N) is 5. The number of Topliss-reactive ketones (excluding diaryl/α,β-unsaturated/α-hetero) is 1. The molecule has 3 aromatic heterocycles. The number of halogens is 1. The van der Waals surface area contributed by atoms with Gasteiger partial charge in [0.15, 0.2) is 15.6 Å². The zero-order valence-corrected chi connectivity index (χ0v) is 19.3. The smallest absolute Gasteiger partial charge is 0.232 e. The monoisotopic (exact) mass is 473 g/mol. The number of pyridine rings is 1. The summed E-state index contributed by atoms with van der Waals surface area (Å²) in [5.41, 5.74) is -0.961. The topological polar surface area (TPSA) is 125 Å². The van der Waals surface area contributed by atoms with Gasteiger partial charge in [0.05, 0.1) is 36.8 Å². The Hall–Kier alpha value is -3.34. The molecule has 3 rings (SSSR count). The minimum atomic E-state index is -3.41. The van der Waals surface area contributed by atoms with Crippen LogP contribution >= 0.6 is 0 Å². The predicted molar refractivity (Wildman–Crippen MR) is 119 cm³/mol. The summed E-state index contributed by atoms with van der Waals surface area (Å²) in [5, 5.41) is 0. The van der Waals surface area contributed by atoms with Crippen LogP contribution in [0.1, 0.15) is 37.5 Å². The number of alkyl halides is 1. The van der Waals surface area contributed by atoms with Crippen LogP contribution in [0.5, 0.6) is 5.88 Å². The van der Waals surface area contributed by atoms with Crippen LogP contribution < -0.4 is 4.74 Å². The SMILES string of the molecule is CCOc1cncc(-c2ccc(CC(=O)C(F)(CC)c3ccnc(CS(C)(=O)=O)n3)nc2)n1. The van der Waals surface area contributed by atoms with Crippen LogP contribution in [0.2, 0.25) is 0 Å². The van der Waals surface area contributed by atoms with Gasteiger partial charge in [0.1, 0.15) is 11.6 Å². The molecule has 0 spiro atoms. The summed E-state index contributed by atoms with van der Waals surface area (Å²) in [6.07, 6.45) is 6.46. The molecule has 0 aliphatic rings. The highest BCUT2D eigenvalue weighted by Crippen LogP contribution is 2.31. The summed E-state index contributed by atoms with van der Waals surface area (Å²) in [4.78, 5) is 33.5. The van der Waals surface area contributed by atoms with Crippen molar-refractivity contribution in [1.29, 1.82) is 0 Å². The molecule has 174 valence electrons. The largest absolute Gasteiger partial charge is 0.477 e. The molecule has 0 aliphatic heterocycles. The number of hydrogen-bond acceptors (Lipinski definition) is 9. The molecule has 0 aliphatic carbocycles. The van der Waals surface area contributed by atoms with Gasteiger partial charge in [-0.3, -0.25) is 14.8 Å². The molecule has 0 radical (unpaired) electrons. The van der Waals surface area contributed by atoms with E-state index in [9.17, 15) is 13.2 Å². The molecule has 0 bridgehead atoms. The molecule has 9 nitrogen and oxygen atoms in total. The first-order chi connectivity index (χ1) is 15.6. The first kappa shape index (κ1) is 24.3. The number of rotatable bonds is 10. The zero-order valence-electron chi connectivity index (χ0n) is 18.5. The maximum absolute atomic E-state index is 15.8. The molecular formula is C22H24FN5O4S. The van der Waals surface area contributed by atoms with Crippen molar-refractivity contribution in [2.75, 3.05) is 12.9 Å². The van der Waals surface area contributed by atoms with Crippen LogP contribution in [0.15, 0.2) is 43.0 Å². The van der Waals surface area contributed by atoms with E-state index in [1.165, 1.54) is 31.6 Å². The van der Waals surface area contributed by atoms with Gasteiger partial charge in [-0.15, -0.1) is 0 Å². The minimum Gasteiger partial charge on any atom is -0.477 e. The van der Waals surface area contributed by atoms with E-state index in [2.05, 4.69) is 24.9 Å². The summed E-state index contributed by atoms with van der Waals surface area (Å²) in [5.74, 6) is -0.839. The van der Waals surface area contributed by atoms with Crippen LogP contribution in [-0.2, 0) is 32.5 Å². The van der Waals surface area contributed by atoms with E-state index < -0.39 is 27.0 Å². The second-order valence-corrected chi connectivity index (χ2v) is 9.54. The Morgan fingerprint density at radius 1 is 1.09 bits per heavy atom. The van der Waals surface area contributed by atoms with Crippen LogP contribution in [0.25, 0.3) is 11.3 Å². The van der Waals surface area contributed by atoms with Crippen LogP contribution in [0.3, 0.4) is 0 Å². The summed E-state index contributed by atoms with van der Waals surface area (Å²) in [7, 11) is -3.41.